The molecule has 1 aliphatic rings. The number of nitrogens with one attached hydrogen (secondary N) is 1. The molecule has 2 aromatic rings. The van der Waals surface area contributed by atoms with Crippen LogP contribution in [0.3, 0.4) is 0 Å². The summed E-state index contributed by atoms with van der Waals surface area (Å²) in [5, 5.41) is 5.04. The van der Waals surface area contributed by atoms with Gasteiger partial charge < -0.3 is 5.32 Å². The van der Waals surface area contributed by atoms with E-state index in [1.165, 1.54) is 23.5 Å². The molecule has 0 radical (unpaired) electrons. The second-order valence-corrected chi connectivity index (χ2v) is 7.73. The molecule has 10 heteroatoms. The maximum absolute atomic E-state index is 12.7. The minimum Gasteiger partial charge on any atom is -0.325 e. The van der Waals surface area contributed by atoms with E-state index in [0.717, 1.165) is 6.42 Å². The number of carbonyl (C=O) groups is 2. The number of anilines is 2. The number of hydrogen-bond donors (Lipinski definition) is 1. The Labute approximate surface area is 161 Å². The van der Waals surface area contributed by atoms with E-state index in [2.05, 4.69) is 10.3 Å². The van der Waals surface area contributed by atoms with E-state index in [1.807, 2.05) is 0 Å². The van der Waals surface area contributed by atoms with Crippen LogP contribution >= 0.6 is 34.7 Å². The first-order valence-electron chi connectivity index (χ1n) is 7.72. The van der Waals surface area contributed by atoms with Crippen molar-refractivity contribution in [2.45, 2.75) is 29.9 Å². The van der Waals surface area contributed by atoms with Crippen LogP contribution in [0.15, 0.2) is 28.5 Å². The van der Waals surface area contributed by atoms with Crippen molar-refractivity contribution in [2.75, 3.05) is 16.8 Å². The Balaban J connectivity index is 1.67. The predicted molar refractivity (Wildman–Crippen MR) is 99.3 cm³/mol. The van der Waals surface area contributed by atoms with Gasteiger partial charge in [-0.1, -0.05) is 29.4 Å². The van der Waals surface area contributed by atoms with Crippen molar-refractivity contribution in [3.8, 4) is 0 Å². The fourth-order valence-corrected chi connectivity index (χ4v) is 4.31. The van der Waals surface area contributed by atoms with Gasteiger partial charge in [0.25, 0.3) is 5.76 Å². The van der Waals surface area contributed by atoms with Crippen LogP contribution in [-0.4, -0.2) is 29.1 Å². The molecule has 0 aliphatic carbocycles. The van der Waals surface area contributed by atoms with Crippen LogP contribution in [0.5, 0.6) is 0 Å². The van der Waals surface area contributed by atoms with E-state index >= 15 is 0 Å². The maximum atomic E-state index is 12.7. The van der Waals surface area contributed by atoms with E-state index in [4.69, 9.17) is 11.6 Å². The molecule has 0 saturated carbocycles. The predicted octanol–water partition coefficient (Wildman–Crippen LogP) is 4.42. The van der Waals surface area contributed by atoms with Crippen molar-refractivity contribution in [3.63, 3.8) is 0 Å². The molecule has 1 saturated heterocycles. The third-order valence-electron chi connectivity index (χ3n) is 3.63. The summed E-state index contributed by atoms with van der Waals surface area (Å²) < 4.78 is 25.4. The van der Waals surface area contributed by atoms with E-state index in [0.29, 0.717) is 23.8 Å². The average Bonchev–Trinajstić information content (AvgIpc) is 3.19. The fraction of sp³-hybridized carbons (Fsp3) is 0.312. The Morgan fingerprint density at radius 3 is 2.96 bits per heavy atom. The molecule has 2 amide bonds. The van der Waals surface area contributed by atoms with Crippen LogP contribution in [-0.2, 0) is 16.0 Å². The number of nitrogens with zero attached hydrogens (tertiary/aromatic N) is 2. The smallest absolute Gasteiger partial charge is 0.289 e. The third kappa shape index (κ3) is 4.52. The largest absolute Gasteiger partial charge is 0.325 e. The number of thioether (sulfide) groups is 1. The molecule has 0 atom stereocenters. The molecule has 1 N–H and O–H groups in total. The molecule has 0 spiro atoms. The normalized spacial score (nSPS) is 14.3. The zero-order valence-corrected chi connectivity index (χ0v) is 15.8. The summed E-state index contributed by atoms with van der Waals surface area (Å²) in [7, 11) is 0. The average molecular weight is 418 g/mol. The molecular formula is C16H14ClF2N3O2S2. The Kier molecular flexibility index (Phi) is 6.10. The van der Waals surface area contributed by atoms with Gasteiger partial charge in [-0.25, -0.2) is 4.98 Å². The summed E-state index contributed by atoms with van der Waals surface area (Å²) in [5.41, 5.74) is 0.755. The number of benzene rings is 1. The van der Waals surface area contributed by atoms with Crippen LogP contribution in [0.2, 0.25) is 5.02 Å². The van der Waals surface area contributed by atoms with Crippen molar-refractivity contribution in [1.82, 2.24) is 4.98 Å². The highest BCUT2D eigenvalue weighted by Crippen LogP contribution is 2.37. The van der Waals surface area contributed by atoms with Gasteiger partial charge in [-0.2, -0.15) is 8.78 Å². The van der Waals surface area contributed by atoms with Gasteiger partial charge in [0, 0.05) is 18.3 Å². The molecule has 1 fully saturated rings. The van der Waals surface area contributed by atoms with Crippen LogP contribution in [0.25, 0.3) is 0 Å². The first kappa shape index (κ1) is 19.1. The summed E-state index contributed by atoms with van der Waals surface area (Å²) in [6, 6.07) is 4.58. The SMILES string of the molecule is O=C(Cc1csc(N2CCCC2=O)n1)Nc1cccc(Cl)c1SC(F)F. The van der Waals surface area contributed by atoms with Gasteiger partial charge in [-0.15, -0.1) is 11.3 Å². The first-order valence-corrected chi connectivity index (χ1v) is 9.85. The van der Waals surface area contributed by atoms with Crippen LogP contribution in [0, 0.1) is 0 Å². The topological polar surface area (TPSA) is 62.3 Å². The van der Waals surface area contributed by atoms with Gasteiger partial charge in [0.2, 0.25) is 11.8 Å². The zero-order chi connectivity index (χ0) is 18.7. The Morgan fingerprint density at radius 2 is 2.27 bits per heavy atom. The molecule has 138 valence electrons. The monoisotopic (exact) mass is 417 g/mol. The van der Waals surface area contributed by atoms with E-state index in [9.17, 15) is 18.4 Å². The summed E-state index contributed by atoms with van der Waals surface area (Å²) in [6.45, 7) is 0.634. The second kappa shape index (κ2) is 8.32. The molecule has 5 nitrogen and oxygen atoms in total. The van der Waals surface area contributed by atoms with Crippen LogP contribution in [0.4, 0.5) is 19.6 Å². The quantitative estimate of drug-likeness (QED) is 0.707. The Bertz CT molecular complexity index is 832. The lowest BCUT2D eigenvalue weighted by Gasteiger charge is -2.12. The zero-order valence-electron chi connectivity index (χ0n) is 13.4. The number of alkyl halides is 2. The van der Waals surface area contributed by atoms with Crippen molar-refractivity contribution in [2.24, 2.45) is 0 Å². The fourth-order valence-electron chi connectivity index (χ4n) is 2.53. The van der Waals surface area contributed by atoms with Crippen molar-refractivity contribution in [1.29, 1.82) is 0 Å². The van der Waals surface area contributed by atoms with Crippen molar-refractivity contribution < 1.29 is 18.4 Å². The highest BCUT2D eigenvalue weighted by atomic mass is 35.5. The van der Waals surface area contributed by atoms with E-state index < -0.39 is 11.7 Å². The minimum atomic E-state index is -2.65. The van der Waals surface area contributed by atoms with Gasteiger partial charge in [0.05, 0.1) is 27.7 Å². The van der Waals surface area contributed by atoms with Gasteiger partial charge >= 0.3 is 0 Å². The molecular weight excluding hydrogens is 404 g/mol. The number of hydrogen-bond acceptors (Lipinski definition) is 5. The van der Waals surface area contributed by atoms with E-state index in [1.54, 1.807) is 16.3 Å². The molecule has 0 bridgehead atoms. The summed E-state index contributed by atoms with van der Waals surface area (Å²) in [5.74, 6) is -3.01. The number of amides is 2. The molecule has 2 heterocycles. The van der Waals surface area contributed by atoms with E-state index in [-0.39, 0.29) is 39.7 Å². The number of halogens is 3. The number of carbonyl (C=O) groups excluding carboxylic acids is 2. The molecule has 3 rings (SSSR count). The van der Waals surface area contributed by atoms with Gasteiger partial charge in [0.1, 0.15) is 0 Å². The van der Waals surface area contributed by atoms with Gasteiger partial charge in [0.15, 0.2) is 5.13 Å². The number of aromatic nitrogens is 1. The van der Waals surface area contributed by atoms with Crippen molar-refractivity contribution >= 4 is 57.3 Å². The lowest BCUT2D eigenvalue weighted by atomic mass is 10.3. The maximum Gasteiger partial charge on any atom is 0.289 e. The lowest BCUT2D eigenvalue weighted by Crippen LogP contribution is -2.23. The number of rotatable bonds is 6. The lowest BCUT2D eigenvalue weighted by molar-refractivity contribution is -0.117. The highest BCUT2D eigenvalue weighted by Gasteiger charge is 2.24. The molecule has 1 aliphatic heterocycles. The molecule has 0 unspecified atom stereocenters. The Morgan fingerprint density at radius 1 is 1.46 bits per heavy atom. The highest BCUT2D eigenvalue weighted by molar-refractivity contribution is 7.99. The third-order valence-corrected chi connectivity index (χ3v) is 5.83. The summed E-state index contributed by atoms with van der Waals surface area (Å²) in [6.07, 6.45) is 1.28. The van der Waals surface area contributed by atoms with Crippen LogP contribution < -0.4 is 10.2 Å². The van der Waals surface area contributed by atoms with Gasteiger partial charge in [-0.3, -0.25) is 14.5 Å². The summed E-state index contributed by atoms with van der Waals surface area (Å²) in [4.78, 5) is 30.1. The summed E-state index contributed by atoms with van der Waals surface area (Å²) >= 11 is 7.54. The van der Waals surface area contributed by atoms with Crippen LogP contribution in [0.1, 0.15) is 18.5 Å². The molecule has 1 aromatic carbocycles. The minimum absolute atomic E-state index is 0.0240. The standard InChI is InChI=1S/C16H14ClF2N3O2S2/c17-10-3-1-4-11(14(10)26-15(18)19)21-12(23)7-9-8-25-16(20-9)22-6-2-5-13(22)24/h1,3-4,8,15H,2,5-7H2,(H,21,23). The Hall–Kier alpha value is -1.71. The van der Waals surface area contributed by atoms with Gasteiger partial charge in [-0.05, 0) is 18.6 Å². The van der Waals surface area contributed by atoms with Crippen molar-refractivity contribution in [3.05, 3.63) is 34.3 Å². The first-order chi connectivity index (χ1) is 12.4. The number of thiazole rings is 1. The molecule has 26 heavy (non-hydrogen) atoms. The second-order valence-electron chi connectivity index (χ2n) is 5.49. The molecule has 1 aromatic heterocycles.